The molecule has 2 heterocycles. The SMILES string of the molecule is CC(C)CC(=O)Nc1cnc(N2CCCCC2)nc1N(C)C. The maximum atomic E-state index is 12.0. The molecule has 1 aliphatic heterocycles. The van der Waals surface area contributed by atoms with Gasteiger partial charge in [-0.1, -0.05) is 13.8 Å². The van der Waals surface area contributed by atoms with Gasteiger partial charge < -0.3 is 15.1 Å². The molecule has 1 fully saturated rings. The first-order valence-electron chi connectivity index (χ1n) is 8.06. The van der Waals surface area contributed by atoms with Gasteiger partial charge >= 0.3 is 0 Å². The zero-order valence-electron chi connectivity index (χ0n) is 14.1. The lowest BCUT2D eigenvalue weighted by molar-refractivity contribution is -0.116. The molecule has 6 nitrogen and oxygen atoms in total. The summed E-state index contributed by atoms with van der Waals surface area (Å²) in [6.07, 6.45) is 5.88. The standard InChI is InChI=1S/C16H27N5O/c1-12(2)10-14(22)18-13-11-17-16(19-15(13)20(3)4)21-8-6-5-7-9-21/h11-12H,5-10H2,1-4H3,(H,18,22). The van der Waals surface area contributed by atoms with Gasteiger partial charge in [0.2, 0.25) is 11.9 Å². The average Bonchev–Trinajstić information content (AvgIpc) is 2.47. The van der Waals surface area contributed by atoms with Crippen molar-refractivity contribution in [3.8, 4) is 0 Å². The van der Waals surface area contributed by atoms with Crippen LogP contribution in [0.5, 0.6) is 0 Å². The largest absolute Gasteiger partial charge is 0.361 e. The zero-order valence-corrected chi connectivity index (χ0v) is 14.1. The molecule has 0 aliphatic carbocycles. The Morgan fingerprint density at radius 3 is 2.59 bits per heavy atom. The first kappa shape index (κ1) is 16.5. The van der Waals surface area contributed by atoms with Gasteiger partial charge in [0.15, 0.2) is 5.82 Å². The number of carbonyl (C=O) groups excluding carboxylic acids is 1. The van der Waals surface area contributed by atoms with Crippen molar-refractivity contribution in [1.82, 2.24) is 9.97 Å². The highest BCUT2D eigenvalue weighted by atomic mass is 16.1. The summed E-state index contributed by atoms with van der Waals surface area (Å²) in [7, 11) is 3.86. The average molecular weight is 305 g/mol. The first-order valence-corrected chi connectivity index (χ1v) is 8.06. The number of nitrogens with one attached hydrogen (secondary N) is 1. The molecule has 6 heteroatoms. The highest BCUT2D eigenvalue weighted by Crippen LogP contribution is 2.25. The lowest BCUT2D eigenvalue weighted by Gasteiger charge is -2.28. The van der Waals surface area contributed by atoms with Crippen molar-refractivity contribution in [2.24, 2.45) is 5.92 Å². The molecule has 0 spiro atoms. The number of rotatable bonds is 5. The van der Waals surface area contributed by atoms with Crippen LogP contribution >= 0.6 is 0 Å². The minimum Gasteiger partial charge on any atom is -0.361 e. The predicted octanol–water partition coefficient (Wildman–Crippen LogP) is 2.52. The Morgan fingerprint density at radius 2 is 2.00 bits per heavy atom. The van der Waals surface area contributed by atoms with Crippen LogP contribution in [0.25, 0.3) is 0 Å². The van der Waals surface area contributed by atoms with Crippen molar-refractivity contribution in [2.75, 3.05) is 42.3 Å². The second-order valence-corrected chi connectivity index (χ2v) is 6.50. The lowest BCUT2D eigenvalue weighted by Crippen LogP contribution is -2.31. The number of hydrogen-bond donors (Lipinski definition) is 1. The molecule has 0 atom stereocenters. The van der Waals surface area contributed by atoms with Gasteiger partial charge in [-0.3, -0.25) is 4.79 Å². The molecule has 1 aromatic rings. The normalized spacial score (nSPS) is 15.0. The summed E-state index contributed by atoms with van der Waals surface area (Å²) < 4.78 is 0. The summed E-state index contributed by atoms with van der Waals surface area (Å²) in [5.74, 6) is 1.85. The number of hydrogen-bond acceptors (Lipinski definition) is 5. The molecule has 2 rings (SSSR count). The van der Waals surface area contributed by atoms with Crippen molar-refractivity contribution in [2.45, 2.75) is 39.5 Å². The molecule has 0 aromatic carbocycles. The van der Waals surface area contributed by atoms with Crippen LogP contribution in [-0.4, -0.2) is 43.1 Å². The molecule has 1 N–H and O–H groups in total. The highest BCUT2D eigenvalue weighted by molar-refractivity contribution is 5.93. The van der Waals surface area contributed by atoms with Gasteiger partial charge in [-0.2, -0.15) is 4.98 Å². The number of anilines is 3. The first-order chi connectivity index (χ1) is 10.5. The Hall–Kier alpha value is -1.85. The molecule has 1 saturated heterocycles. The number of amides is 1. The van der Waals surface area contributed by atoms with Crippen molar-refractivity contribution in [3.63, 3.8) is 0 Å². The second-order valence-electron chi connectivity index (χ2n) is 6.50. The van der Waals surface area contributed by atoms with E-state index in [0.29, 0.717) is 18.0 Å². The van der Waals surface area contributed by atoms with Crippen LogP contribution in [0.4, 0.5) is 17.5 Å². The van der Waals surface area contributed by atoms with E-state index in [1.807, 2.05) is 32.8 Å². The summed E-state index contributed by atoms with van der Waals surface area (Å²) in [5.41, 5.74) is 0.677. The van der Waals surface area contributed by atoms with Crippen molar-refractivity contribution < 1.29 is 4.79 Å². The van der Waals surface area contributed by atoms with Gasteiger partial charge in [0.05, 0.1) is 6.20 Å². The Bertz CT molecular complexity index is 509. The molecule has 1 aromatic heterocycles. The van der Waals surface area contributed by atoms with E-state index < -0.39 is 0 Å². The quantitative estimate of drug-likeness (QED) is 0.905. The fraction of sp³-hybridized carbons (Fsp3) is 0.688. The third kappa shape index (κ3) is 4.32. The van der Waals surface area contributed by atoms with E-state index in [9.17, 15) is 4.79 Å². The molecule has 122 valence electrons. The number of nitrogens with zero attached hydrogens (tertiary/aromatic N) is 4. The third-order valence-corrected chi connectivity index (χ3v) is 3.69. The molecule has 0 radical (unpaired) electrons. The minimum absolute atomic E-state index is 0.00687. The van der Waals surface area contributed by atoms with E-state index in [4.69, 9.17) is 0 Å². The van der Waals surface area contributed by atoms with Crippen LogP contribution in [-0.2, 0) is 4.79 Å². The van der Waals surface area contributed by atoms with Crippen LogP contribution in [0.2, 0.25) is 0 Å². The van der Waals surface area contributed by atoms with E-state index in [1.54, 1.807) is 6.20 Å². The smallest absolute Gasteiger partial charge is 0.227 e. The zero-order chi connectivity index (χ0) is 16.1. The van der Waals surface area contributed by atoms with Crippen LogP contribution < -0.4 is 15.1 Å². The molecule has 0 saturated carbocycles. The van der Waals surface area contributed by atoms with Gasteiger partial charge in [0.1, 0.15) is 5.69 Å². The summed E-state index contributed by atoms with van der Waals surface area (Å²) >= 11 is 0. The van der Waals surface area contributed by atoms with Crippen LogP contribution in [0.3, 0.4) is 0 Å². The summed E-state index contributed by atoms with van der Waals surface area (Å²) in [6, 6.07) is 0. The van der Waals surface area contributed by atoms with Gasteiger partial charge in [-0.15, -0.1) is 0 Å². The topological polar surface area (TPSA) is 61.4 Å². The van der Waals surface area contributed by atoms with E-state index in [0.717, 1.165) is 24.9 Å². The van der Waals surface area contributed by atoms with Crippen molar-refractivity contribution >= 4 is 23.4 Å². The monoisotopic (exact) mass is 305 g/mol. The van der Waals surface area contributed by atoms with Crippen molar-refractivity contribution in [3.05, 3.63) is 6.20 Å². The van der Waals surface area contributed by atoms with Crippen LogP contribution in [0.1, 0.15) is 39.5 Å². The van der Waals surface area contributed by atoms with Crippen molar-refractivity contribution in [1.29, 1.82) is 0 Å². The maximum Gasteiger partial charge on any atom is 0.227 e. The molecule has 0 bridgehead atoms. The number of carbonyl (C=O) groups is 1. The predicted molar refractivity (Wildman–Crippen MR) is 90.5 cm³/mol. The Labute approximate surface area is 132 Å². The van der Waals surface area contributed by atoms with Gasteiger partial charge in [0, 0.05) is 33.6 Å². The fourth-order valence-corrected chi connectivity index (χ4v) is 2.61. The Morgan fingerprint density at radius 1 is 1.32 bits per heavy atom. The fourth-order valence-electron chi connectivity index (χ4n) is 2.61. The number of aromatic nitrogens is 2. The summed E-state index contributed by atoms with van der Waals surface area (Å²) in [4.78, 5) is 25.2. The highest BCUT2D eigenvalue weighted by Gasteiger charge is 2.17. The lowest BCUT2D eigenvalue weighted by atomic mass is 10.1. The van der Waals surface area contributed by atoms with Gasteiger partial charge in [0.25, 0.3) is 0 Å². The Balaban J connectivity index is 2.18. The summed E-state index contributed by atoms with van der Waals surface area (Å²) in [5, 5.41) is 2.93. The van der Waals surface area contributed by atoms with E-state index >= 15 is 0 Å². The van der Waals surface area contributed by atoms with Gasteiger partial charge in [-0.25, -0.2) is 4.98 Å². The maximum absolute atomic E-state index is 12.0. The van der Waals surface area contributed by atoms with E-state index in [2.05, 4.69) is 20.2 Å². The van der Waals surface area contributed by atoms with Gasteiger partial charge in [-0.05, 0) is 25.2 Å². The molecular weight excluding hydrogens is 278 g/mol. The van der Waals surface area contributed by atoms with E-state index in [-0.39, 0.29) is 5.91 Å². The third-order valence-electron chi connectivity index (χ3n) is 3.69. The molecule has 0 unspecified atom stereocenters. The summed E-state index contributed by atoms with van der Waals surface area (Å²) in [6.45, 7) is 6.07. The minimum atomic E-state index is 0.00687. The molecule has 1 aliphatic rings. The molecule has 22 heavy (non-hydrogen) atoms. The molecule has 1 amide bonds. The number of piperidine rings is 1. The van der Waals surface area contributed by atoms with E-state index in [1.165, 1.54) is 19.3 Å². The van der Waals surface area contributed by atoms with Crippen LogP contribution in [0, 0.1) is 5.92 Å². The second kappa shape index (κ2) is 7.42. The van der Waals surface area contributed by atoms with Crippen LogP contribution in [0.15, 0.2) is 6.20 Å². The molecular formula is C16H27N5O. The Kier molecular flexibility index (Phi) is 5.57.